The van der Waals surface area contributed by atoms with E-state index in [2.05, 4.69) is 44.8 Å². The van der Waals surface area contributed by atoms with Gasteiger partial charge in [-0.2, -0.15) is 0 Å². The molecule has 1 aliphatic carbocycles. The van der Waals surface area contributed by atoms with Gasteiger partial charge in [0, 0.05) is 30.6 Å². The molecule has 1 atom stereocenters. The van der Waals surface area contributed by atoms with Crippen molar-refractivity contribution < 1.29 is 0 Å². The van der Waals surface area contributed by atoms with E-state index >= 15 is 0 Å². The normalized spacial score (nSPS) is 16.5. The Bertz CT molecular complexity index is 437. The minimum absolute atomic E-state index is 0.508. The number of hydrogen-bond acceptors (Lipinski definition) is 4. The van der Waals surface area contributed by atoms with Crippen LogP contribution >= 0.6 is 11.3 Å². The zero-order valence-electron chi connectivity index (χ0n) is 14.3. The summed E-state index contributed by atoms with van der Waals surface area (Å²) in [4.78, 5) is 8.86. The highest BCUT2D eigenvalue weighted by Gasteiger charge is 2.23. The fourth-order valence-electron chi connectivity index (χ4n) is 2.44. The van der Waals surface area contributed by atoms with E-state index < -0.39 is 0 Å². The van der Waals surface area contributed by atoms with E-state index in [0.717, 1.165) is 31.6 Å². The first-order valence-corrected chi connectivity index (χ1v) is 9.34. The third-order valence-corrected chi connectivity index (χ3v) is 5.40. The number of nitrogens with zero attached hydrogens (tertiary/aromatic N) is 2. The van der Waals surface area contributed by atoms with Gasteiger partial charge in [-0.25, -0.2) is 4.98 Å². The summed E-state index contributed by atoms with van der Waals surface area (Å²) in [5.41, 5.74) is 1.30. The lowest BCUT2D eigenvalue weighted by atomic mass is 10.1. The van der Waals surface area contributed by atoms with Gasteiger partial charge in [-0.05, 0) is 31.6 Å². The van der Waals surface area contributed by atoms with Crippen molar-refractivity contribution in [3.8, 4) is 0 Å². The first-order chi connectivity index (χ1) is 10.0. The van der Waals surface area contributed by atoms with Crippen molar-refractivity contribution in [2.45, 2.75) is 72.4 Å². The standard InChI is InChI=1S/C17H31N3S/c1-6-13(5)11-20(7-2)17-19-16(12(3)4)15(21-17)10-18-14-8-9-14/h12-14,18H,6-11H2,1-5H3. The lowest BCUT2D eigenvalue weighted by Gasteiger charge is -2.23. The molecule has 0 amide bonds. The molecule has 0 bridgehead atoms. The van der Waals surface area contributed by atoms with Crippen LogP contribution in [0.1, 0.15) is 70.4 Å². The largest absolute Gasteiger partial charge is 0.348 e. The Hall–Kier alpha value is -0.610. The molecule has 1 saturated carbocycles. The molecule has 1 aliphatic rings. The Morgan fingerprint density at radius 3 is 2.52 bits per heavy atom. The second-order valence-electron chi connectivity index (χ2n) is 6.67. The molecule has 1 aromatic rings. The maximum Gasteiger partial charge on any atom is 0.185 e. The monoisotopic (exact) mass is 309 g/mol. The van der Waals surface area contributed by atoms with Crippen LogP contribution < -0.4 is 10.2 Å². The molecule has 3 nitrogen and oxygen atoms in total. The molecular formula is C17H31N3S. The van der Waals surface area contributed by atoms with Crippen molar-refractivity contribution in [1.29, 1.82) is 0 Å². The Balaban J connectivity index is 2.11. The van der Waals surface area contributed by atoms with Crippen LogP contribution in [0.2, 0.25) is 0 Å². The zero-order chi connectivity index (χ0) is 15.4. The molecule has 0 radical (unpaired) electrons. The second kappa shape index (κ2) is 7.59. The summed E-state index contributed by atoms with van der Waals surface area (Å²) >= 11 is 1.90. The Morgan fingerprint density at radius 2 is 2.00 bits per heavy atom. The number of hydrogen-bond donors (Lipinski definition) is 1. The van der Waals surface area contributed by atoms with Crippen LogP contribution in [-0.4, -0.2) is 24.1 Å². The van der Waals surface area contributed by atoms with E-state index in [4.69, 9.17) is 4.98 Å². The molecule has 1 fully saturated rings. The zero-order valence-corrected chi connectivity index (χ0v) is 15.1. The van der Waals surface area contributed by atoms with Crippen LogP contribution in [0.15, 0.2) is 0 Å². The van der Waals surface area contributed by atoms with E-state index in [1.807, 2.05) is 11.3 Å². The minimum Gasteiger partial charge on any atom is -0.348 e. The number of rotatable bonds is 9. The first-order valence-electron chi connectivity index (χ1n) is 8.53. The molecule has 0 aromatic carbocycles. The highest BCUT2D eigenvalue weighted by atomic mass is 32.1. The quantitative estimate of drug-likeness (QED) is 0.733. The molecule has 120 valence electrons. The number of nitrogens with one attached hydrogen (secondary N) is 1. The molecule has 0 saturated heterocycles. The van der Waals surface area contributed by atoms with E-state index in [1.165, 1.54) is 35.0 Å². The van der Waals surface area contributed by atoms with Crippen molar-refractivity contribution >= 4 is 16.5 Å². The molecular weight excluding hydrogens is 278 g/mol. The Kier molecular flexibility index (Phi) is 6.06. The van der Waals surface area contributed by atoms with Crippen LogP contribution in [0.4, 0.5) is 5.13 Å². The lowest BCUT2D eigenvalue weighted by molar-refractivity contribution is 0.547. The molecule has 4 heteroatoms. The number of anilines is 1. The van der Waals surface area contributed by atoms with Gasteiger partial charge in [-0.15, -0.1) is 11.3 Å². The summed E-state index contributed by atoms with van der Waals surface area (Å²) in [7, 11) is 0. The fourth-order valence-corrected chi connectivity index (χ4v) is 3.67. The van der Waals surface area contributed by atoms with Gasteiger partial charge in [0.1, 0.15) is 0 Å². The molecule has 1 N–H and O–H groups in total. The fraction of sp³-hybridized carbons (Fsp3) is 0.824. The summed E-state index contributed by atoms with van der Waals surface area (Å²) in [6.45, 7) is 14.5. The second-order valence-corrected chi connectivity index (χ2v) is 7.73. The average Bonchev–Trinajstić information content (AvgIpc) is 3.20. The first kappa shape index (κ1) is 16.8. The maximum atomic E-state index is 4.97. The van der Waals surface area contributed by atoms with Gasteiger partial charge in [0.25, 0.3) is 0 Å². The molecule has 2 rings (SSSR count). The van der Waals surface area contributed by atoms with Crippen molar-refractivity contribution in [1.82, 2.24) is 10.3 Å². The van der Waals surface area contributed by atoms with E-state index in [1.54, 1.807) is 0 Å². The molecule has 0 spiro atoms. The summed E-state index contributed by atoms with van der Waals surface area (Å²) < 4.78 is 0. The molecule has 1 aromatic heterocycles. The van der Waals surface area contributed by atoms with E-state index in [-0.39, 0.29) is 0 Å². The maximum absolute atomic E-state index is 4.97. The summed E-state index contributed by atoms with van der Waals surface area (Å²) in [6, 6.07) is 0.762. The minimum atomic E-state index is 0.508. The Labute approximate surface area is 134 Å². The van der Waals surface area contributed by atoms with Gasteiger partial charge < -0.3 is 10.2 Å². The summed E-state index contributed by atoms with van der Waals surface area (Å²) in [5, 5.41) is 4.86. The molecule has 21 heavy (non-hydrogen) atoms. The predicted molar refractivity (Wildman–Crippen MR) is 93.4 cm³/mol. The van der Waals surface area contributed by atoms with E-state index in [0.29, 0.717) is 5.92 Å². The van der Waals surface area contributed by atoms with Crippen molar-refractivity contribution in [3.63, 3.8) is 0 Å². The van der Waals surface area contributed by atoms with Crippen LogP contribution in [0.5, 0.6) is 0 Å². The average molecular weight is 310 g/mol. The van der Waals surface area contributed by atoms with Crippen LogP contribution in [0, 0.1) is 5.92 Å². The van der Waals surface area contributed by atoms with Crippen LogP contribution in [0.3, 0.4) is 0 Å². The van der Waals surface area contributed by atoms with Gasteiger partial charge >= 0.3 is 0 Å². The smallest absolute Gasteiger partial charge is 0.185 e. The number of thiazole rings is 1. The highest BCUT2D eigenvalue weighted by molar-refractivity contribution is 7.15. The van der Waals surface area contributed by atoms with Crippen molar-refractivity contribution in [3.05, 3.63) is 10.6 Å². The lowest BCUT2D eigenvalue weighted by Crippen LogP contribution is -2.27. The third kappa shape index (κ3) is 4.68. The van der Waals surface area contributed by atoms with Gasteiger partial charge in [0.05, 0.1) is 5.69 Å². The molecule has 1 unspecified atom stereocenters. The van der Waals surface area contributed by atoms with Gasteiger partial charge in [0.15, 0.2) is 5.13 Å². The topological polar surface area (TPSA) is 28.2 Å². The predicted octanol–water partition coefficient (Wildman–Crippen LogP) is 4.39. The SMILES string of the molecule is CCC(C)CN(CC)c1nc(C(C)C)c(CNC2CC2)s1. The Morgan fingerprint density at radius 1 is 1.29 bits per heavy atom. The van der Waals surface area contributed by atoms with Gasteiger partial charge in [0.2, 0.25) is 0 Å². The van der Waals surface area contributed by atoms with Crippen LogP contribution in [0.25, 0.3) is 0 Å². The summed E-state index contributed by atoms with van der Waals surface area (Å²) in [5.74, 6) is 1.23. The summed E-state index contributed by atoms with van der Waals surface area (Å²) in [6.07, 6.45) is 3.92. The molecule has 1 heterocycles. The third-order valence-electron chi connectivity index (χ3n) is 4.27. The van der Waals surface area contributed by atoms with Gasteiger partial charge in [-0.3, -0.25) is 0 Å². The molecule has 0 aliphatic heterocycles. The van der Waals surface area contributed by atoms with Crippen LogP contribution in [-0.2, 0) is 6.54 Å². The van der Waals surface area contributed by atoms with Crippen molar-refractivity contribution in [2.75, 3.05) is 18.0 Å². The number of aromatic nitrogens is 1. The van der Waals surface area contributed by atoms with E-state index in [9.17, 15) is 0 Å². The highest BCUT2D eigenvalue weighted by Crippen LogP contribution is 2.32. The van der Waals surface area contributed by atoms with Crippen molar-refractivity contribution in [2.24, 2.45) is 5.92 Å². The van der Waals surface area contributed by atoms with Gasteiger partial charge in [-0.1, -0.05) is 34.1 Å².